The van der Waals surface area contributed by atoms with E-state index in [4.69, 9.17) is 15.7 Å². The molecule has 4 heteroatoms. The van der Waals surface area contributed by atoms with Crippen LogP contribution < -0.4 is 5.73 Å². The van der Waals surface area contributed by atoms with Gasteiger partial charge in [-0.25, -0.2) is 4.79 Å². The third kappa shape index (κ3) is 2.90. The number of nitrogen functional groups attached to an aromatic ring is 1. The Balaban J connectivity index is 2.19. The van der Waals surface area contributed by atoms with Crippen molar-refractivity contribution in [3.8, 4) is 6.07 Å². The Morgan fingerprint density at radius 2 is 1.74 bits per heavy atom. The summed E-state index contributed by atoms with van der Waals surface area (Å²) in [4.78, 5) is 12.0. The Morgan fingerprint density at radius 1 is 1.11 bits per heavy atom. The van der Waals surface area contributed by atoms with Crippen LogP contribution in [0.3, 0.4) is 0 Å². The van der Waals surface area contributed by atoms with Crippen LogP contribution in [0.5, 0.6) is 0 Å². The molecule has 19 heavy (non-hydrogen) atoms. The van der Waals surface area contributed by atoms with Crippen molar-refractivity contribution in [1.82, 2.24) is 0 Å². The minimum atomic E-state index is -0.937. The average Bonchev–Trinajstić information content (AvgIpc) is 2.46. The van der Waals surface area contributed by atoms with Crippen molar-refractivity contribution in [3.63, 3.8) is 0 Å². The quantitative estimate of drug-likeness (QED) is 0.673. The van der Waals surface area contributed by atoms with E-state index in [2.05, 4.69) is 0 Å². The lowest BCUT2D eigenvalue weighted by molar-refractivity contribution is 0.0405. The lowest BCUT2D eigenvalue weighted by Gasteiger charge is -2.12. The largest absolute Gasteiger partial charge is 0.438 e. The third-order valence-corrected chi connectivity index (χ3v) is 2.63. The van der Waals surface area contributed by atoms with E-state index in [1.165, 1.54) is 0 Å². The van der Waals surface area contributed by atoms with Crippen LogP contribution in [0.1, 0.15) is 22.0 Å². The minimum absolute atomic E-state index is 0.263. The molecule has 0 radical (unpaired) electrons. The molecule has 0 aliphatic heterocycles. The molecule has 0 saturated heterocycles. The lowest BCUT2D eigenvalue weighted by atomic mass is 10.1. The van der Waals surface area contributed by atoms with Gasteiger partial charge in [-0.2, -0.15) is 5.26 Å². The van der Waals surface area contributed by atoms with Crippen LogP contribution in [0.4, 0.5) is 5.69 Å². The highest BCUT2D eigenvalue weighted by Crippen LogP contribution is 2.20. The summed E-state index contributed by atoms with van der Waals surface area (Å²) < 4.78 is 5.17. The molecule has 1 unspecified atom stereocenters. The van der Waals surface area contributed by atoms with E-state index in [1.807, 2.05) is 12.1 Å². The fraction of sp³-hybridized carbons (Fsp3) is 0.0667. The van der Waals surface area contributed by atoms with E-state index in [9.17, 15) is 4.79 Å². The molecule has 0 aliphatic rings. The molecule has 0 saturated carbocycles. The zero-order chi connectivity index (χ0) is 13.7. The molecule has 1 atom stereocenters. The van der Waals surface area contributed by atoms with Crippen molar-refractivity contribution in [3.05, 3.63) is 65.7 Å². The number of esters is 1. The van der Waals surface area contributed by atoms with Crippen LogP contribution in [0.25, 0.3) is 0 Å². The standard InChI is InChI=1S/C15H12N2O2/c16-10-14(11-6-2-1-3-7-11)19-15(18)12-8-4-5-9-13(12)17/h1-9,14H,17H2. The second-order valence-electron chi connectivity index (χ2n) is 3.91. The maximum absolute atomic E-state index is 12.0. The molecule has 2 rings (SSSR count). The van der Waals surface area contributed by atoms with Crippen molar-refractivity contribution in [2.75, 3.05) is 5.73 Å². The van der Waals surface area contributed by atoms with Gasteiger partial charge in [-0.15, -0.1) is 0 Å². The summed E-state index contributed by atoms with van der Waals surface area (Å²) in [5.74, 6) is -0.603. The van der Waals surface area contributed by atoms with Crippen LogP contribution in [-0.4, -0.2) is 5.97 Å². The van der Waals surface area contributed by atoms with Gasteiger partial charge < -0.3 is 10.5 Å². The number of benzene rings is 2. The molecule has 94 valence electrons. The van der Waals surface area contributed by atoms with Crippen LogP contribution >= 0.6 is 0 Å². The van der Waals surface area contributed by atoms with E-state index in [0.717, 1.165) is 0 Å². The first-order chi connectivity index (χ1) is 9.22. The van der Waals surface area contributed by atoms with E-state index in [0.29, 0.717) is 11.3 Å². The van der Waals surface area contributed by atoms with Crippen LogP contribution in [0.2, 0.25) is 0 Å². The number of nitrogens with zero attached hydrogens (tertiary/aromatic N) is 1. The Bertz CT molecular complexity index is 618. The fourth-order valence-corrected chi connectivity index (χ4v) is 1.65. The number of nitrogens with two attached hydrogens (primary N) is 1. The highest BCUT2D eigenvalue weighted by molar-refractivity contribution is 5.95. The Labute approximate surface area is 111 Å². The van der Waals surface area contributed by atoms with Gasteiger partial charge in [0.2, 0.25) is 6.10 Å². The third-order valence-electron chi connectivity index (χ3n) is 2.63. The summed E-state index contributed by atoms with van der Waals surface area (Å²) in [6.07, 6.45) is -0.937. The Hall–Kier alpha value is -2.80. The van der Waals surface area contributed by atoms with Gasteiger partial charge in [-0.05, 0) is 12.1 Å². The molecule has 2 aromatic rings. The normalized spacial score (nSPS) is 11.3. The second kappa shape index (κ2) is 5.69. The highest BCUT2D eigenvalue weighted by Gasteiger charge is 2.18. The van der Waals surface area contributed by atoms with Gasteiger partial charge >= 0.3 is 5.97 Å². The van der Waals surface area contributed by atoms with Gasteiger partial charge in [0.05, 0.1) is 5.56 Å². The van der Waals surface area contributed by atoms with Gasteiger partial charge in [0.25, 0.3) is 0 Å². The summed E-state index contributed by atoms with van der Waals surface area (Å²) in [6.45, 7) is 0. The second-order valence-corrected chi connectivity index (χ2v) is 3.91. The van der Waals surface area contributed by atoms with Gasteiger partial charge in [0.1, 0.15) is 6.07 Å². The van der Waals surface area contributed by atoms with Crippen LogP contribution in [0.15, 0.2) is 54.6 Å². The van der Waals surface area contributed by atoms with Crippen molar-refractivity contribution in [2.45, 2.75) is 6.10 Å². The monoisotopic (exact) mass is 252 g/mol. The highest BCUT2D eigenvalue weighted by atomic mass is 16.5. The number of anilines is 1. The predicted octanol–water partition coefficient (Wildman–Crippen LogP) is 2.69. The van der Waals surface area contributed by atoms with Gasteiger partial charge in [0, 0.05) is 11.3 Å². The molecule has 0 heterocycles. The lowest BCUT2D eigenvalue weighted by Crippen LogP contribution is -2.12. The van der Waals surface area contributed by atoms with Gasteiger partial charge in [0.15, 0.2) is 0 Å². The molecule has 0 aliphatic carbocycles. The number of carbonyl (C=O) groups is 1. The number of carbonyl (C=O) groups excluding carboxylic acids is 1. The number of ether oxygens (including phenoxy) is 1. The van der Waals surface area contributed by atoms with Crippen LogP contribution in [0, 0.1) is 11.3 Å². The van der Waals surface area contributed by atoms with Crippen molar-refractivity contribution < 1.29 is 9.53 Å². The number of nitriles is 1. The molecular formula is C15H12N2O2. The van der Waals surface area contributed by atoms with E-state index in [-0.39, 0.29) is 5.56 Å². The number of hydrogen-bond donors (Lipinski definition) is 1. The maximum atomic E-state index is 12.0. The molecule has 0 aromatic heterocycles. The SMILES string of the molecule is N#CC(OC(=O)c1ccccc1N)c1ccccc1. The maximum Gasteiger partial charge on any atom is 0.341 e. The van der Waals surface area contributed by atoms with Crippen molar-refractivity contribution in [2.24, 2.45) is 0 Å². The zero-order valence-electron chi connectivity index (χ0n) is 10.1. The number of para-hydroxylation sites is 1. The van der Waals surface area contributed by atoms with Crippen LogP contribution in [-0.2, 0) is 4.74 Å². The number of hydrogen-bond acceptors (Lipinski definition) is 4. The van der Waals surface area contributed by atoms with Gasteiger partial charge in [-0.1, -0.05) is 42.5 Å². The topological polar surface area (TPSA) is 76.1 Å². The average molecular weight is 252 g/mol. The summed E-state index contributed by atoms with van der Waals surface area (Å²) in [7, 11) is 0. The van der Waals surface area contributed by atoms with Crippen molar-refractivity contribution in [1.29, 1.82) is 5.26 Å². The molecule has 2 aromatic carbocycles. The van der Waals surface area contributed by atoms with E-state index in [1.54, 1.807) is 48.5 Å². The van der Waals surface area contributed by atoms with Gasteiger partial charge in [-0.3, -0.25) is 0 Å². The smallest absolute Gasteiger partial charge is 0.341 e. The van der Waals surface area contributed by atoms with E-state index < -0.39 is 12.1 Å². The summed E-state index contributed by atoms with van der Waals surface area (Å²) in [5.41, 5.74) is 6.92. The van der Waals surface area contributed by atoms with E-state index >= 15 is 0 Å². The summed E-state index contributed by atoms with van der Waals surface area (Å²) >= 11 is 0. The molecule has 0 bridgehead atoms. The molecular weight excluding hydrogens is 240 g/mol. The molecule has 0 fully saturated rings. The predicted molar refractivity (Wildman–Crippen MR) is 71.1 cm³/mol. The van der Waals surface area contributed by atoms with Crippen molar-refractivity contribution >= 4 is 11.7 Å². The minimum Gasteiger partial charge on any atom is -0.438 e. The zero-order valence-corrected chi connectivity index (χ0v) is 10.1. The number of rotatable bonds is 3. The molecule has 4 nitrogen and oxygen atoms in total. The first kappa shape index (κ1) is 12.7. The Kier molecular flexibility index (Phi) is 3.79. The molecule has 0 amide bonds. The Morgan fingerprint density at radius 3 is 2.37 bits per heavy atom. The fourth-order valence-electron chi connectivity index (χ4n) is 1.65. The summed E-state index contributed by atoms with van der Waals surface area (Å²) in [6, 6.07) is 17.4. The first-order valence-electron chi connectivity index (χ1n) is 5.72. The summed E-state index contributed by atoms with van der Waals surface area (Å²) in [5, 5.41) is 9.09. The molecule has 2 N–H and O–H groups in total. The molecule has 0 spiro atoms. The first-order valence-corrected chi connectivity index (χ1v) is 5.72.